The van der Waals surface area contributed by atoms with Crippen LogP contribution in [0.15, 0.2) is 29.3 Å². The summed E-state index contributed by atoms with van der Waals surface area (Å²) in [6.45, 7) is 4.30. The van der Waals surface area contributed by atoms with E-state index in [0.29, 0.717) is 0 Å². The molecule has 0 aromatic heterocycles. The van der Waals surface area contributed by atoms with Gasteiger partial charge in [0.25, 0.3) is 0 Å². The largest absolute Gasteiger partial charge is 0.378 e. The number of nitrogens with one attached hydrogen (secondary N) is 1. The molecule has 90 valence electrons. The lowest BCUT2D eigenvalue weighted by Crippen LogP contribution is -2.44. The minimum absolute atomic E-state index is 0.794. The predicted molar refractivity (Wildman–Crippen MR) is 68.5 cm³/mol. The van der Waals surface area contributed by atoms with Crippen molar-refractivity contribution in [2.45, 2.75) is 6.42 Å². The Morgan fingerprint density at radius 1 is 1.18 bits per heavy atom. The molecule has 1 N–H and O–H groups in total. The van der Waals surface area contributed by atoms with Gasteiger partial charge < -0.3 is 15.0 Å². The highest BCUT2D eigenvalue weighted by Gasteiger charge is 2.17. The minimum Gasteiger partial charge on any atom is -0.378 e. The van der Waals surface area contributed by atoms with Crippen LogP contribution in [0.3, 0.4) is 0 Å². The molecule has 1 saturated heterocycles. The standard InChI is InChI=1S/C13H17N3O/c1-2-4-12-11(3-1)5-6-14-13(15-12)16-7-9-17-10-8-16/h1-4H,5-10H2,(H,14,15). The molecular weight excluding hydrogens is 214 g/mol. The molecule has 0 saturated carbocycles. The fourth-order valence-corrected chi connectivity index (χ4v) is 2.26. The van der Waals surface area contributed by atoms with Crippen molar-refractivity contribution in [1.29, 1.82) is 0 Å². The van der Waals surface area contributed by atoms with Crippen LogP contribution in [0.2, 0.25) is 0 Å². The summed E-state index contributed by atoms with van der Waals surface area (Å²) in [6.07, 6.45) is 1.01. The molecule has 1 aromatic carbocycles. The first-order valence-corrected chi connectivity index (χ1v) is 6.15. The van der Waals surface area contributed by atoms with E-state index in [2.05, 4.69) is 39.5 Å². The van der Waals surface area contributed by atoms with Crippen LogP contribution in [-0.2, 0) is 11.2 Å². The van der Waals surface area contributed by atoms with Crippen molar-refractivity contribution in [3.05, 3.63) is 29.8 Å². The van der Waals surface area contributed by atoms with Crippen molar-refractivity contribution in [2.75, 3.05) is 38.2 Å². The molecule has 4 heteroatoms. The Labute approximate surface area is 101 Å². The molecule has 17 heavy (non-hydrogen) atoms. The summed E-state index contributed by atoms with van der Waals surface area (Å²) in [5, 5.41) is 3.45. The monoisotopic (exact) mass is 231 g/mol. The number of nitrogens with zero attached hydrogens (tertiary/aromatic N) is 2. The molecule has 0 amide bonds. The Balaban J connectivity index is 1.80. The molecular formula is C13H17N3O. The summed E-state index contributed by atoms with van der Waals surface area (Å²) in [5.41, 5.74) is 2.54. The number of anilines is 1. The van der Waals surface area contributed by atoms with E-state index in [1.807, 2.05) is 0 Å². The number of benzene rings is 1. The molecule has 1 fully saturated rings. The van der Waals surface area contributed by atoms with Crippen LogP contribution in [0, 0.1) is 0 Å². The smallest absolute Gasteiger partial charge is 0.198 e. The van der Waals surface area contributed by atoms with Gasteiger partial charge in [0.1, 0.15) is 0 Å². The Morgan fingerprint density at radius 2 is 2.00 bits per heavy atom. The zero-order chi connectivity index (χ0) is 11.5. The van der Waals surface area contributed by atoms with Crippen LogP contribution >= 0.6 is 0 Å². The van der Waals surface area contributed by atoms with E-state index in [-0.39, 0.29) is 0 Å². The number of para-hydroxylation sites is 1. The highest BCUT2D eigenvalue weighted by Crippen LogP contribution is 2.19. The average molecular weight is 231 g/mol. The first-order valence-electron chi connectivity index (χ1n) is 6.15. The molecule has 0 spiro atoms. The van der Waals surface area contributed by atoms with Gasteiger partial charge in [0.15, 0.2) is 5.96 Å². The lowest BCUT2D eigenvalue weighted by Gasteiger charge is -2.29. The Morgan fingerprint density at radius 3 is 2.88 bits per heavy atom. The fourth-order valence-electron chi connectivity index (χ4n) is 2.26. The normalized spacial score (nSPS) is 20.0. The molecule has 0 atom stereocenters. The third-order valence-electron chi connectivity index (χ3n) is 3.22. The van der Waals surface area contributed by atoms with Crippen LogP contribution in [-0.4, -0.2) is 43.7 Å². The maximum atomic E-state index is 5.37. The van der Waals surface area contributed by atoms with Crippen LogP contribution in [0.4, 0.5) is 5.69 Å². The average Bonchev–Trinajstić information content (AvgIpc) is 2.62. The Bertz CT molecular complexity index is 424. The topological polar surface area (TPSA) is 36.9 Å². The summed E-state index contributed by atoms with van der Waals surface area (Å²) in [6, 6.07) is 8.44. The van der Waals surface area contributed by atoms with E-state index in [1.54, 1.807) is 0 Å². The number of hydrogen-bond donors (Lipinski definition) is 1. The number of fused-ring (bicyclic) bond motifs is 1. The van der Waals surface area contributed by atoms with Gasteiger partial charge in [-0.3, -0.25) is 4.99 Å². The van der Waals surface area contributed by atoms with Gasteiger partial charge in [-0.1, -0.05) is 18.2 Å². The van der Waals surface area contributed by atoms with Crippen molar-refractivity contribution >= 4 is 11.6 Å². The van der Waals surface area contributed by atoms with Gasteiger partial charge in [-0.2, -0.15) is 0 Å². The summed E-state index contributed by atoms with van der Waals surface area (Å²) >= 11 is 0. The third kappa shape index (κ3) is 2.26. The molecule has 4 nitrogen and oxygen atoms in total. The van der Waals surface area contributed by atoms with E-state index < -0.39 is 0 Å². The Kier molecular flexibility index (Phi) is 2.96. The first-order chi connectivity index (χ1) is 8.43. The number of aliphatic imine (C=N–C) groups is 1. The maximum Gasteiger partial charge on any atom is 0.198 e. The minimum atomic E-state index is 0.794. The molecule has 3 rings (SSSR count). The van der Waals surface area contributed by atoms with Crippen LogP contribution in [0.1, 0.15) is 5.56 Å². The van der Waals surface area contributed by atoms with Gasteiger partial charge in [0, 0.05) is 25.3 Å². The second-order valence-corrected chi connectivity index (χ2v) is 4.34. The number of guanidine groups is 1. The molecule has 0 bridgehead atoms. The van der Waals surface area contributed by atoms with E-state index in [1.165, 1.54) is 11.3 Å². The molecule has 2 aliphatic rings. The summed E-state index contributed by atoms with van der Waals surface area (Å²) in [4.78, 5) is 6.91. The highest BCUT2D eigenvalue weighted by atomic mass is 16.5. The lowest BCUT2D eigenvalue weighted by molar-refractivity contribution is 0.0679. The zero-order valence-electron chi connectivity index (χ0n) is 9.85. The summed E-state index contributed by atoms with van der Waals surface area (Å²) in [7, 11) is 0. The summed E-state index contributed by atoms with van der Waals surface area (Å²) in [5.74, 6) is 0.998. The van der Waals surface area contributed by atoms with Crippen molar-refractivity contribution < 1.29 is 4.74 Å². The lowest BCUT2D eigenvalue weighted by atomic mass is 10.1. The van der Waals surface area contributed by atoms with Crippen molar-refractivity contribution in [2.24, 2.45) is 4.99 Å². The first kappa shape index (κ1) is 10.6. The Hall–Kier alpha value is -1.55. The van der Waals surface area contributed by atoms with Crippen LogP contribution in [0.25, 0.3) is 0 Å². The van der Waals surface area contributed by atoms with Gasteiger partial charge in [0.05, 0.1) is 13.2 Å². The SMILES string of the molecule is c1ccc2c(c1)CCN=C(N1CCOCC1)N2. The fraction of sp³-hybridized carbons (Fsp3) is 0.462. The molecule has 2 aliphatic heterocycles. The van der Waals surface area contributed by atoms with Gasteiger partial charge in [0.2, 0.25) is 0 Å². The van der Waals surface area contributed by atoms with Gasteiger partial charge >= 0.3 is 0 Å². The van der Waals surface area contributed by atoms with E-state index in [4.69, 9.17) is 4.74 Å². The number of ether oxygens (including phenoxy) is 1. The van der Waals surface area contributed by atoms with Crippen molar-refractivity contribution in [3.63, 3.8) is 0 Å². The molecule has 2 heterocycles. The molecule has 0 aliphatic carbocycles. The number of hydrogen-bond acceptors (Lipinski definition) is 4. The van der Waals surface area contributed by atoms with E-state index >= 15 is 0 Å². The van der Waals surface area contributed by atoms with Gasteiger partial charge in [-0.05, 0) is 18.1 Å². The summed E-state index contributed by atoms with van der Waals surface area (Å²) < 4.78 is 5.37. The third-order valence-corrected chi connectivity index (χ3v) is 3.22. The second-order valence-electron chi connectivity index (χ2n) is 4.34. The quantitative estimate of drug-likeness (QED) is 0.732. The van der Waals surface area contributed by atoms with Crippen LogP contribution in [0.5, 0.6) is 0 Å². The van der Waals surface area contributed by atoms with Crippen LogP contribution < -0.4 is 5.32 Å². The van der Waals surface area contributed by atoms with Gasteiger partial charge in [-0.25, -0.2) is 0 Å². The maximum absolute atomic E-state index is 5.37. The second kappa shape index (κ2) is 4.75. The predicted octanol–water partition coefficient (Wildman–Crippen LogP) is 1.34. The molecule has 0 unspecified atom stereocenters. The highest BCUT2D eigenvalue weighted by molar-refractivity contribution is 5.95. The van der Waals surface area contributed by atoms with Gasteiger partial charge in [-0.15, -0.1) is 0 Å². The zero-order valence-corrected chi connectivity index (χ0v) is 9.85. The molecule has 0 radical (unpaired) electrons. The number of rotatable bonds is 0. The number of morpholine rings is 1. The van der Waals surface area contributed by atoms with E-state index in [9.17, 15) is 0 Å². The van der Waals surface area contributed by atoms with Crippen molar-refractivity contribution in [3.8, 4) is 0 Å². The molecule has 1 aromatic rings. The van der Waals surface area contributed by atoms with E-state index in [0.717, 1.165) is 45.2 Å². The van der Waals surface area contributed by atoms with Crippen molar-refractivity contribution in [1.82, 2.24) is 4.90 Å².